The number of piperazine rings is 1. The first-order valence-electron chi connectivity index (χ1n) is 39.5. The third kappa shape index (κ3) is 23.1. The van der Waals surface area contributed by atoms with E-state index >= 15 is 0 Å². The van der Waals surface area contributed by atoms with Crippen LogP contribution in [-0.2, 0) is 18.4 Å². The normalized spacial score (nSPS) is 16.4. The lowest BCUT2D eigenvalue weighted by atomic mass is 9.87. The van der Waals surface area contributed by atoms with Gasteiger partial charge >= 0.3 is 6.03 Å². The summed E-state index contributed by atoms with van der Waals surface area (Å²) in [5.41, 5.74) is 8.89. The zero-order chi connectivity index (χ0) is 83.1. The van der Waals surface area contributed by atoms with Crippen LogP contribution in [0.3, 0.4) is 0 Å². The third-order valence-electron chi connectivity index (χ3n) is 21.8. The largest absolute Gasteiger partial charge is 0.495 e. The van der Waals surface area contributed by atoms with Gasteiger partial charge in [-0.25, -0.2) is 19.7 Å². The van der Waals surface area contributed by atoms with E-state index in [0.717, 1.165) is 146 Å². The van der Waals surface area contributed by atoms with Gasteiger partial charge in [-0.1, -0.05) is 76.8 Å². The standard InChI is InChI=1S/C31H42ClN6O2P.C30H40ClN8O3P.C23H27ClN5O3P/c1-21-6-8-27(29(18-21)41(4,5)39)34-30-25(32)20-33-31(36-30)35-26-9-7-23(19-28(26)40-3)22-10-16-38(17-11-22)24-12-14-37(2)15-13-24;1-32-30(40)39-17-15-38(16-18-39)21-11-13-37(14-12-21)22-9-10-24(26(19-22)42-2)35-29-33-20-23(31)28(36-29)34-25-7-5-6-8-27(25)43(3,4)41;1-31-20-14-16(29-10-12-32-13-11-29)8-9-18(20)27-23-25-15-17(24)22(28-23)26-19-6-4-5-7-21(19)33(2,3)30/h6-9,18-20,22,24H,10-17H2,1-5H3,(H2,33,34,35,36);5-10,19-21H,11-18H2,1-4H3,(H,32,40)(H2,33,34,35,36);4-9,14-15H,10-13H2,1-3H3,(H2,25,26,27,28). The molecule has 0 atom stereocenters. The minimum atomic E-state index is -2.53. The van der Waals surface area contributed by atoms with E-state index in [9.17, 15) is 18.5 Å². The van der Waals surface area contributed by atoms with Crippen LogP contribution < -0.4 is 77.1 Å². The number of nitrogens with zero attached hydrogens (tertiary/aromatic N) is 12. The van der Waals surface area contributed by atoms with Gasteiger partial charge in [0.15, 0.2) is 17.5 Å². The number of morpholine rings is 1. The number of carbonyl (C=O) groups is 1. The fourth-order valence-corrected chi connectivity index (χ4v) is 19.3. The summed E-state index contributed by atoms with van der Waals surface area (Å²) in [5, 5.41) is 25.5. The summed E-state index contributed by atoms with van der Waals surface area (Å²) in [4.78, 5) is 52.9. The van der Waals surface area contributed by atoms with E-state index < -0.39 is 21.4 Å². The van der Waals surface area contributed by atoms with Gasteiger partial charge in [0.2, 0.25) is 17.8 Å². The number of aromatic nitrogens is 6. The predicted octanol–water partition coefficient (Wildman–Crippen LogP) is 16.0. The summed E-state index contributed by atoms with van der Waals surface area (Å²) in [6.07, 6.45) is 11.7. The van der Waals surface area contributed by atoms with Crippen LogP contribution in [0, 0.1) is 6.92 Å². The molecular formula is C84H109Cl3N19O8P3. The van der Waals surface area contributed by atoms with E-state index in [1.54, 1.807) is 74.6 Å². The molecule has 5 saturated heterocycles. The molecule has 9 aromatic rings. The number of amides is 2. The molecule has 0 unspecified atom stereocenters. The SMILES string of the molecule is CNC(=O)N1CCN(C2CCN(c3ccc(Nc4ncc(Cl)c(Nc5ccccc5P(C)(C)=O)n4)c(OC)c3)CC2)CC1.COc1cc(C2CCN(C3CCN(C)CC3)CC2)ccc1Nc1ncc(Cl)c(Nc2ccc(C)cc2P(C)(C)=O)n1.COc1cc(N2CCOCC2)ccc1Nc1ncc(Cl)c(Nc2ccccc2P(C)(C)=O)n1. The zero-order valence-electron chi connectivity index (χ0n) is 68.8. The first kappa shape index (κ1) is 87.3. The molecule has 0 spiro atoms. The van der Waals surface area contributed by atoms with Crippen LogP contribution in [0.5, 0.6) is 17.2 Å². The van der Waals surface area contributed by atoms with Crippen LogP contribution in [0.2, 0.25) is 15.1 Å². The van der Waals surface area contributed by atoms with Crippen LogP contribution >= 0.6 is 56.2 Å². The van der Waals surface area contributed by atoms with Gasteiger partial charge in [0.25, 0.3) is 0 Å². The topological polar surface area (TPSA) is 286 Å². The number of halogens is 3. The lowest BCUT2D eigenvalue weighted by Gasteiger charge is -2.43. The molecule has 624 valence electrons. The molecule has 5 aliphatic rings. The molecule has 5 aliphatic heterocycles. The minimum Gasteiger partial charge on any atom is -0.495 e. The Morgan fingerprint density at radius 1 is 0.444 bits per heavy atom. The number of carbonyl (C=O) groups excluding carboxylic acids is 1. The molecule has 0 bridgehead atoms. The molecule has 117 heavy (non-hydrogen) atoms. The summed E-state index contributed by atoms with van der Waals surface area (Å²) in [7, 11) is 1.33. The molecule has 7 N–H and O–H groups in total. The average molecular weight is 1710 g/mol. The van der Waals surface area contributed by atoms with Gasteiger partial charge in [-0.05, 0) is 203 Å². The molecule has 0 saturated carbocycles. The second kappa shape index (κ2) is 39.7. The van der Waals surface area contributed by atoms with Crippen molar-refractivity contribution in [2.75, 3.05) is 209 Å². The molecule has 14 rings (SSSR count). The van der Waals surface area contributed by atoms with E-state index in [4.69, 9.17) is 53.8 Å². The van der Waals surface area contributed by atoms with Crippen LogP contribution in [0.4, 0.5) is 85.6 Å². The van der Waals surface area contributed by atoms with E-state index in [1.165, 1.54) is 56.7 Å². The molecule has 6 aromatic carbocycles. The fraction of sp³-hybridized carbons (Fsp3) is 0.417. The lowest BCUT2D eigenvalue weighted by Crippen LogP contribution is -2.55. The minimum absolute atomic E-state index is 0.00731. The number of methoxy groups -OCH3 is 3. The van der Waals surface area contributed by atoms with Crippen LogP contribution in [0.25, 0.3) is 0 Å². The van der Waals surface area contributed by atoms with Crippen molar-refractivity contribution in [2.45, 2.75) is 63.5 Å². The molecular weight excluding hydrogens is 1600 g/mol. The van der Waals surface area contributed by atoms with Crippen molar-refractivity contribution >= 4 is 159 Å². The summed E-state index contributed by atoms with van der Waals surface area (Å²) < 4.78 is 61.0. The van der Waals surface area contributed by atoms with Crippen LogP contribution in [0.15, 0.2) is 140 Å². The fourth-order valence-electron chi connectivity index (χ4n) is 15.3. The molecule has 3 aromatic heterocycles. The number of para-hydroxylation sites is 2. The highest BCUT2D eigenvalue weighted by atomic mass is 35.5. The molecule has 2 amide bonds. The lowest BCUT2D eigenvalue weighted by molar-refractivity contribution is 0.0966. The van der Waals surface area contributed by atoms with E-state index in [2.05, 4.69) is 117 Å². The Hall–Kier alpha value is -8.97. The Morgan fingerprint density at radius 2 is 0.838 bits per heavy atom. The summed E-state index contributed by atoms with van der Waals surface area (Å²) >= 11 is 19.3. The highest BCUT2D eigenvalue weighted by Crippen LogP contribution is 2.44. The predicted molar refractivity (Wildman–Crippen MR) is 481 cm³/mol. The van der Waals surface area contributed by atoms with E-state index in [-0.39, 0.29) is 6.03 Å². The number of rotatable bonds is 23. The molecule has 27 nitrogen and oxygen atoms in total. The van der Waals surface area contributed by atoms with Gasteiger partial charge < -0.3 is 94.4 Å². The number of hydrogen-bond donors (Lipinski definition) is 7. The Balaban J connectivity index is 0.000000163. The smallest absolute Gasteiger partial charge is 0.317 e. The summed E-state index contributed by atoms with van der Waals surface area (Å²) in [5.74, 6) is 5.00. The number of aryl methyl sites for hydroxylation is 1. The van der Waals surface area contributed by atoms with Crippen LogP contribution in [-0.4, -0.2) is 235 Å². The second-order valence-electron chi connectivity index (χ2n) is 31.0. The summed E-state index contributed by atoms with van der Waals surface area (Å²) in [6, 6.07) is 40.4. The Kier molecular flexibility index (Phi) is 29.7. The monoisotopic (exact) mass is 1710 g/mol. The Labute approximate surface area is 702 Å². The first-order chi connectivity index (χ1) is 56.1. The van der Waals surface area contributed by atoms with Gasteiger partial charge in [0, 0.05) is 111 Å². The molecule has 0 radical (unpaired) electrons. The van der Waals surface area contributed by atoms with Crippen molar-refractivity contribution in [3.8, 4) is 17.2 Å². The van der Waals surface area contributed by atoms with Crippen molar-refractivity contribution in [1.29, 1.82) is 0 Å². The molecule has 0 aliphatic carbocycles. The quantitative estimate of drug-likeness (QED) is 0.0293. The zero-order valence-corrected chi connectivity index (χ0v) is 73.7. The Morgan fingerprint density at radius 3 is 1.27 bits per heavy atom. The van der Waals surface area contributed by atoms with E-state index in [1.807, 2.05) is 115 Å². The highest BCUT2D eigenvalue weighted by Gasteiger charge is 2.32. The van der Waals surface area contributed by atoms with Gasteiger partial charge in [-0.2, -0.15) is 15.0 Å². The van der Waals surface area contributed by atoms with Crippen molar-refractivity contribution in [3.63, 3.8) is 0 Å². The van der Waals surface area contributed by atoms with Crippen molar-refractivity contribution in [1.82, 2.24) is 54.8 Å². The number of benzene rings is 6. The number of nitrogens with one attached hydrogen (secondary N) is 7. The van der Waals surface area contributed by atoms with Gasteiger partial charge in [-0.3, -0.25) is 4.90 Å². The van der Waals surface area contributed by atoms with Crippen molar-refractivity contribution < 1.29 is 37.4 Å². The van der Waals surface area contributed by atoms with Gasteiger partial charge in [0.1, 0.15) is 53.7 Å². The highest BCUT2D eigenvalue weighted by molar-refractivity contribution is 7.71. The molecule has 33 heteroatoms. The number of piperidine rings is 3. The molecule has 5 fully saturated rings. The van der Waals surface area contributed by atoms with Crippen molar-refractivity contribution in [2.24, 2.45) is 0 Å². The van der Waals surface area contributed by atoms with Gasteiger partial charge in [-0.15, -0.1) is 0 Å². The average Bonchev–Trinajstić information content (AvgIpc) is 0.814. The summed E-state index contributed by atoms with van der Waals surface area (Å²) in [6.45, 7) is 25.6. The van der Waals surface area contributed by atoms with Crippen LogP contribution in [0.1, 0.15) is 55.6 Å². The van der Waals surface area contributed by atoms with Crippen molar-refractivity contribution in [3.05, 3.63) is 166 Å². The molecule has 8 heterocycles. The first-order valence-corrected chi connectivity index (χ1v) is 48.5. The number of hydrogen-bond acceptors (Lipinski definition) is 25. The van der Waals surface area contributed by atoms with E-state index in [0.29, 0.717) is 98.4 Å². The number of anilines is 14. The maximum absolute atomic E-state index is 12.9. The number of likely N-dealkylation sites (tertiary alicyclic amines) is 2. The second-order valence-corrected chi connectivity index (χ2v) is 41.8. The third-order valence-corrected chi connectivity index (χ3v) is 27.2. The number of ether oxygens (including phenoxy) is 4. The maximum Gasteiger partial charge on any atom is 0.317 e. The number of urea groups is 1. The maximum atomic E-state index is 12.9. The Bertz CT molecular complexity index is 5060. The van der Waals surface area contributed by atoms with Gasteiger partial charge in [0.05, 0.1) is 87.3 Å².